The third kappa shape index (κ3) is 4.61. The van der Waals surface area contributed by atoms with Crippen molar-refractivity contribution in [3.05, 3.63) is 60.6 Å². The predicted octanol–water partition coefficient (Wildman–Crippen LogP) is 3.43. The molecule has 162 valence electrons. The summed E-state index contributed by atoms with van der Waals surface area (Å²) < 4.78 is 39.6. The number of rotatable bonds is 4. The molecule has 3 heterocycles. The lowest BCUT2D eigenvalue weighted by Crippen LogP contribution is -2.33. The molecule has 0 saturated heterocycles. The minimum Gasteiger partial charge on any atom is -0.304 e. The van der Waals surface area contributed by atoms with E-state index in [9.17, 15) is 22.8 Å². The predicted molar refractivity (Wildman–Crippen MR) is 109 cm³/mol. The average Bonchev–Trinajstić information content (AvgIpc) is 2.79. The monoisotopic (exact) mass is 440 g/mol. The van der Waals surface area contributed by atoms with Crippen LogP contribution in [0.25, 0.3) is 22.5 Å². The molecule has 11 heteroatoms. The Hall–Kier alpha value is -4.15. The fourth-order valence-corrected chi connectivity index (χ4v) is 3.03. The van der Waals surface area contributed by atoms with E-state index in [1.165, 1.54) is 24.5 Å². The second-order valence-electron chi connectivity index (χ2n) is 6.82. The summed E-state index contributed by atoms with van der Waals surface area (Å²) in [5, 5.41) is 6.28. The molecule has 3 aromatic rings. The summed E-state index contributed by atoms with van der Waals surface area (Å²) in [6, 6.07) is 8.08. The van der Waals surface area contributed by atoms with Crippen molar-refractivity contribution in [3.63, 3.8) is 0 Å². The number of halogens is 3. The third-order valence-corrected chi connectivity index (χ3v) is 4.58. The van der Waals surface area contributed by atoms with E-state index in [-0.39, 0.29) is 47.2 Å². The molecular formula is C21H15F3N6O2. The molecule has 2 N–H and O–H groups in total. The van der Waals surface area contributed by atoms with Crippen molar-refractivity contribution >= 4 is 23.3 Å². The summed E-state index contributed by atoms with van der Waals surface area (Å²) >= 11 is 0. The normalized spacial score (nSPS) is 13.8. The minimum absolute atomic E-state index is 0.0733. The molecular weight excluding hydrogens is 425 g/mol. The molecule has 0 bridgehead atoms. The number of hydrazone groups is 1. The number of aromatic nitrogens is 3. The number of pyridine rings is 1. The summed E-state index contributed by atoms with van der Waals surface area (Å²) in [5.41, 5.74) is 2.70. The molecule has 0 spiro atoms. The number of carbonyl (C=O) groups excluding carboxylic acids is 2. The second kappa shape index (κ2) is 8.53. The minimum atomic E-state index is -4.51. The smallest absolute Gasteiger partial charge is 0.304 e. The van der Waals surface area contributed by atoms with Crippen molar-refractivity contribution in [1.29, 1.82) is 0 Å². The van der Waals surface area contributed by atoms with Crippen molar-refractivity contribution in [2.24, 2.45) is 5.10 Å². The highest BCUT2D eigenvalue weighted by Crippen LogP contribution is 2.34. The van der Waals surface area contributed by atoms with Gasteiger partial charge in [0.15, 0.2) is 5.82 Å². The maximum absolute atomic E-state index is 13.2. The Morgan fingerprint density at radius 2 is 1.84 bits per heavy atom. The van der Waals surface area contributed by atoms with Gasteiger partial charge < -0.3 is 5.32 Å². The van der Waals surface area contributed by atoms with Gasteiger partial charge >= 0.3 is 6.18 Å². The van der Waals surface area contributed by atoms with Gasteiger partial charge in [0.25, 0.3) is 5.91 Å². The van der Waals surface area contributed by atoms with Crippen LogP contribution in [-0.4, -0.2) is 32.5 Å². The molecule has 4 rings (SSSR count). The molecule has 0 atom stereocenters. The standard InChI is InChI=1S/C21H15F3N6O2/c22-21(23,24)14-5-1-3-12(9-14)18-19(13-4-2-8-25-10-13)27-16(11-26-18)28-20(32)15-6-7-17(31)30-29-15/h1-5,8-11H,6-7H2,(H,30,31)(H,27,28,32). The van der Waals surface area contributed by atoms with Gasteiger partial charge in [-0.3, -0.25) is 19.6 Å². The lowest BCUT2D eigenvalue weighted by Gasteiger charge is -2.14. The summed E-state index contributed by atoms with van der Waals surface area (Å²) in [6.45, 7) is 0. The molecule has 32 heavy (non-hydrogen) atoms. The topological polar surface area (TPSA) is 109 Å². The first-order valence-electron chi connectivity index (χ1n) is 9.43. The Morgan fingerprint density at radius 3 is 2.53 bits per heavy atom. The van der Waals surface area contributed by atoms with Crippen LogP contribution in [0.15, 0.2) is 60.1 Å². The van der Waals surface area contributed by atoms with E-state index in [1.54, 1.807) is 18.3 Å². The van der Waals surface area contributed by atoms with Crippen molar-refractivity contribution in [1.82, 2.24) is 20.4 Å². The van der Waals surface area contributed by atoms with E-state index in [0.717, 1.165) is 12.1 Å². The molecule has 1 aliphatic heterocycles. The fraction of sp³-hybridized carbons (Fsp3) is 0.143. The lowest BCUT2D eigenvalue weighted by atomic mass is 10.0. The van der Waals surface area contributed by atoms with Gasteiger partial charge in [-0.25, -0.2) is 10.4 Å². The maximum Gasteiger partial charge on any atom is 0.416 e. The first kappa shape index (κ1) is 21.1. The number of nitrogens with zero attached hydrogens (tertiary/aromatic N) is 4. The molecule has 0 saturated carbocycles. The summed E-state index contributed by atoms with van der Waals surface area (Å²) in [6.07, 6.45) is 0.0724. The summed E-state index contributed by atoms with van der Waals surface area (Å²) in [5.74, 6) is -0.780. The van der Waals surface area contributed by atoms with Gasteiger partial charge in [0.1, 0.15) is 11.4 Å². The van der Waals surface area contributed by atoms with Crippen molar-refractivity contribution in [2.75, 3.05) is 5.32 Å². The molecule has 2 amide bonds. The van der Waals surface area contributed by atoms with Gasteiger partial charge in [0.2, 0.25) is 5.91 Å². The number of alkyl halides is 3. The number of anilines is 1. The first-order chi connectivity index (χ1) is 15.3. The van der Waals surface area contributed by atoms with E-state index in [2.05, 4.69) is 30.8 Å². The van der Waals surface area contributed by atoms with Gasteiger partial charge in [-0.1, -0.05) is 12.1 Å². The van der Waals surface area contributed by atoms with Crippen LogP contribution in [0.4, 0.5) is 19.0 Å². The number of amides is 2. The molecule has 1 aromatic carbocycles. The quantitative estimate of drug-likeness (QED) is 0.646. The van der Waals surface area contributed by atoms with Gasteiger partial charge in [0, 0.05) is 36.4 Å². The van der Waals surface area contributed by atoms with E-state index in [1.807, 2.05) is 0 Å². The van der Waals surface area contributed by atoms with Crippen LogP contribution >= 0.6 is 0 Å². The molecule has 8 nitrogen and oxygen atoms in total. The highest BCUT2D eigenvalue weighted by molar-refractivity contribution is 6.43. The van der Waals surface area contributed by atoms with E-state index < -0.39 is 17.6 Å². The van der Waals surface area contributed by atoms with Gasteiger partial charge in [-0.05, 0) is 24.3 Å². The van der Waals surface area contributed by atoms with Crippen LogP contribution in [0.1, 0.15) is 18.4 Å². The Morgan fingerprint density at radius 1 is 1.03 bits per heavy atom. The summed E-state index contributed by atoms with van der Waals surface area (Å²) in [4.78, 5) is 36.3. The SMILES string of the molecule is O=C1CCC(C(=O)Nc2cnc(-c3cccc(C(F)(F)F)c3)c(-c3cccnc3)n2)=NN1. The molecule has 0 fully saturated rings. The van der Waals surface area contributed by atoms with Crippen LogP contribution in [0.5, 0.6) is 0 Å². The highest BCUT2D eigenvalue weighted by atomic mass is 19.4. The van der Waals surface area contributed by atoms with E-state index >= 15 is 0 Å². The van der Waals surface area contributed by atoms with Gasteiger partial charge in [-0.2, -0.15) is 18.3 Å². The zero-order valence-corrected chi connectivity index (χ0v) is 16.3. The molecule has 1 aliphatic rings. The zero-order valence-electron chi connectivity index (χ0n) is 16.3. The van der Waals surface area contributed by atoms with Crippen LogP contribution in [-0.2, 0) is 15.8 Å². The Kier molecular flexibility index (Phi) is 5.63. The molecule has 2 aromatic heterocycles. The Bertz CT molecular complexity index is 1210. The van der Waals surface area contributed by atoms with Crippen LogP contribution in [0, 0.1) is 0 Å². The Balaban J connectivity index is 1.73. The molecule has 0 unspecified atom stereocenters. The van der Waals surface area contributed by atoms with Crippen molar-refractivity contribution < 1.29 is 22.8 Å². The number of benzene rings is 1. The third-order valence-electron chi connectivity index (χ3n) is 4.58. The molecule has 0 radical (unpaired) electrons. The maximum atomic E-state index is 13.2. The zero-order chi connectivity index (χ0) is 22.7. The second-order valence-corrected chi connectivity index (χ2v) is 6.82. The van der Waals surface area contributed by atoms with Crippen molar-refractivity contribution in [2.45, 2.75) is 19.0 Å². The lowest BCUT2D eigenvalue weighted by molar-refractivity contribution is -0.137. The summed E-state index contributed by atoms with van der Waals surface area (Å²) in [7, 11) is 0. The number of hydrogen-bond donors (Lipinski definition) is 2. The average molecular weight is 440 g/mol. The van der Waals surface area contributed by atoms with E-state index in [4.69, 9.17) is 0 Å². The van der Waals surface area contributed by atoms with E-state index in [0.29, 0.717) is 5.56 Å². The van der Waals surface area contributed by atoms with Crippen molar-refractivity contribution in [3.8, 4) is 22.5 Å². The van der Waals surface area contributed by atoms with Crippen LogP contribution < -0.4 is 10.7 Å². The fourth-order valence-electron chi connectivity index (χ4n) is 3.03. The van der Waals surface area contributed by atoms with Crippen LogP contribution in [0.3, 0.4) is 0 Å². The Labute approximate surface area is 179 Å². The number of nitrogens with one attached hydrogen (secondary N) is 2. The van der Waals surface area contributed by atoms with Gasteiger partial charge in [0.05, 0.1) is 17.5 Å². The number of carbonyl (C=O) groups is 2. The molecule has 0 aliphatic carbocycles. The largest absolute Gasteiger partial charge is 0.416 e. The number of hydrogen-bond acceptors (Lipinski definition) is 6. The van der Waals surface area contributed by atoms with Crippen LogP contribution in [0.2, 0.25) is 0 Å². The van der Waals surface area contributed by atoms with Gasteiger partial charge in [-0.15, -0.1) is 0 Å². The first-order valence-corrected chi connectivity index (χ1v) is 9.43. The highest BCUT2D eigenvalue weighted by Gasteiger charge is 2.31.